The van der Waals surface area contributed by atoms with Gasteiger partial charge in [0.05, 0.1) is 24.1 Å². The molecule has 0 N–H and O–H groups in total. The van der Waals surface area contributed by atoms with Gasteiger partial charge in [0.1, 0.15) is 17.3 Å². The minimum atomic E-state index is -0.104. The Morgan fingerprint density at radius 3 is 2.86 bits per heavy atom. The van der Waals surface area contributed by atoms with Gasteiger partial charge in [0.25, 0.3) is 0 Å². The molecule has 2 fully saturated rings. The number of aromatic nitrogens is 3. The van der Waals surface area contributed by atoms with Crippen molar-refractivity contribution < 1.29 is 9.59 Å². The molecule has 1 saturated carbocycles. The predicted octanol–water partition coefficient (Wildman–Crippen LogP) is 2.80. The van der Waals surface area contributed by atoms with Gasteiger partial charge >= 0.3 is 6.03 Å². The number of aryl methyl sites for hydroxylation is 1. The molecule has 2 aromatic rings. The quantitative estimate of drug-likeness (QED) is 0.397. The van der Waals surface area contributed by atoms with Crippen LogP contribution in [0.4, 0.5) is 4.79 Å². The summed E-state index contributed by atoms with van der Waals surface area (Å²) in [6.07, 6.45) is 9.83. The minimum absolute atomic E-state index is 0.0213. The van der Waals surface area contributed by atoms with Crippen LogP contribution >= 0.6 is 11.6 Å². The Balaban J connectivity index is 1.49. The number of nitrogens with zero attached hydrogens (tertiary/aromatic N) is 6. The van der Waals surface area contributed by atoms with Gasteiger partial charge < -0.3 is 19.2 Å². The Morgan fingerprint density at radius 2 is 2.07 bits per heavy atom. The molecule has 29 heavy (non-hydrogen) atoms. The first-order valence-electron chi connectivity index (χ1n) is 9.91. The van der Waals surface area contributed by atoms with Crippen LogP contribution < -0.4 is 0 Å². The summed E-state index contributed by atoms with van der Waals surface area (Å²) in [4.78, 5) is 41.1. The summed E-state index contributed by atoms with van der Waals surface area (Å²) in [5.41, 5.74) is 1.41. The molecule has 0 spiro atoms. The van der Waals surface area contributed by atoms with E-state index in [9.17, 15) is 9.59 Å². The molecular formula is C20H21ClN6O2. The molecule has 5 rings (SSSR count). The number of imidazole rings is 1. The van der Waals surface area contributed by atoms with Gasteiger partial charge in [-0.2, -0.15) is 0 Å². The molecule has 9 heteroatoms. The average molecular weight is 413 g/mol. The molecule has 150 valence electrons. The molecule has 3 aliphatic rings. The summed E-state index contributed by atoms with van der Waals surface area (Å²) in [5, 5.41) is 0.378. The second-order valence-electron chi connectivity index (χ2n) is 7.64. The lowest BCUT2D eigenvalue weighted by molar-refractivity contribution is -0.107. The molecule has 2 unspecified atom stereocenters. The molecule has 2 aliphatic heterocycles. The van der Waals surface area contributed by atoms with Crippen molar-refractivity contribution in [1.82, 2.24) is 24.3 Å². The Hall–Kier alpha value is -2.74. The number of unbranched alkanes of at least 4 members (excludes halogenated alkanes) is 1. The van der Waals surface area contributed by atoms with Crippen LogP contribution in [0, 0.1) is 0 Å². The van der Waals surface area contributed by atoms with Crippen molar-refractivity contribution in [3.8, 4) is 0 Å². The van der Waals surface area contributed by atoms with E-state index in [-0.39, 0.29) is 18.1 Å². The third-order valence-corrected chi connectivity index (χ3v) is 5.93. The number of pyridine rings is 1. The Bertz CT molecular complexity index is 1030. The first-order valence-corrected chi connectivity index (χ1v) is 10.3. The number of amides is 2. The lowest BCUT2D eigenvalue weighted by atomic mass is 10.1. The minimum Gasteiger partial charge on any atom is -0.325 e. The van der Waals surface area contributed by atoms with Gasteiger partial charge in [0.15, 0.2) is 5.65 Å². The highest BCUT2D eigenvalue weighted by molar-refractivity contribution is 6.29. The molecule has 4 heterocycles. The average Bonchev–Trinajstić information content (AvgIpc) is 3.44. The Kier molecular flexibility index (Phi) is 4.58. The summed E-state index contributed by atoms with van der Waals surface area (Å²) in [6, 6.07) is 3.88. The second-order valence-corrected chi connectivity index (χ2v) is 8.02. The molecule has 8 nitrogen and oxygen atoms in total. The first-order chi connectivity index (χ1) is 14.2. The lowest BCUT2D eigenvalue weighted by Crippen LogP contribution is -2.39. The summed E-state index contributed by atoms with van der Waals surface area (Å²) in [5.74, 6) is 0.744. The summed E-state index contributed by atoms with van der Waals surface area (Å²) in [6.45, 7) is 0.989. The summed E-state index contributed by atoms with van der Waals surface area (Å²) < 4.78 is 2.04. The Morgan fingerprint density at radius 1 is 1.21 bits per heavy atom. The van der Waals surface area contributed by atoms with E-state index in [2.05, 4.69) is 15.0 Å². The van der Waals surface area contributed by atoms with Crippen molar-refractivity contribution in [2.45, 2.75) is 56.9 Å². The van der Waals surface area contributed by atoms with Crippen molar-refractivity contribution in [2.24, 2.45) is 4.99 Å². The fraction of sp³-hybridized carbons (Fsp3) is 0.450. The van der Waals surface area contributed by atoms with Gasteiger partial charge in [-0.25, -0.2) is 14.8 Å². The maximum atomic E-state index is 13.2. The van der Waals surface area contributed by atoms with Crippen LogP contribution in [0.5, 0.6) is 0 Å². The van der Waals surface area contributed by atoms with E-state index in [4.69, 9.17) is 11.6 Å². The maximum Gasteiger partial charge on any atom is 0.321 e. The van der Waals surface area contributed by atoms with Gasteiger partial charge in [-0.3, -0.25) is 4.99 Å². The molecule has 2 amide bonds. The van der Waals surface area contributed by atoms with Crippen LogP contribution in [-0.2, 0) is 17.9 Å². The van der Waals surface area contributed by atoms with Gasteiger partial charge in [0.2, 0.25) is 0 Å². The van der Waals surface area contributed by atoms with Gasteiger partial charge in [0, 0.05) is 31.4 Å². The molecular weight excluding hydrogens is 392 g/mol. The van der Waals surface area contributed by atoms with E-state index in [1.165, 1.54) is 0 Å². The number of hydrogen-bond acceptors (Lipinski definition) is 5. The van der Waals surface area contributed by atoms with Crippen molar-refractivity contribution in [2.75, 3.05) is 0 Å². The fourth-order valence-electron chi connectivity index (χ4n) is 4.22. The zero-order valence-corrected chi connectivity index (χ0v) is 16.6. The standard InChI is InChI=1S/C20H21ClN6O2/c21-17-6-5-15-19(23-17)24-18(25(15)9-1-2-10-28)12-26-16-11-22-8-7-14(16)27(20(26)29)13-3-4-13/h5-8,10-11,13-14,16H,1-4,9,12H2. The lowest BCUT2D eigenvalue weighted by Gasteiger charge is -2.24. The number of carbonyl (C=O) groups is 2. The number of carbonyl (C=O) groups excluding carboxylic acids is 2. The highest BCUT2D eigenvalue weighted by Gasteiger charge is 2.50. The molecule has 2 aromatic heterocycles. The van der Waals surface area contributed by atoms with E-state index >= 15 is 0 Å². The zero-order valence-electron chi connectivity index (χ0n) is 15.8. The molecule has 1 aliphatic carbocycles. The van der Waals surface area contributed by atoms with Crippen LogP contribution in [0.15, 0.2) is 29.4 Å². The van der Waals surface area contributed by atoms with E-state index in [1.807, 2.05) is 32.7 Å². The largest absolute Gasteiger partial charge is 0.325 e. The molecule has 1 saturated heterocycles. The van der Waals surface area contributed by atoms with Crippen molar-refractivity contribution in [3.05, 3.63) is 35.4 Å². The van der Waals surface area contributed by atoms with Crippen molar-refractivity contribution >= 4 is 41.3 Å². The number of hydrogen-bond donors (Lipinski definition) is 0. The predicted molar refractivity (Wildman–Crippen MR) is 109 cm³/mol. The SMILES string of the molecule is O=CCCCn1c(CN2C(=O)N(C3CC3)C3C=CN=CC32)nc2nc(Cl)ccc21. The monoisotopic (exact) mass is 412 g/mol. The van der Waals surface area contributed by atoms with E-state index in [1.54, 1.807) is 12.3 Å². The van der Waals surface area contributed by atoms with Crippen LogP contribution in [0.3, 0.4) is 0 Å². The Labute approximate surface area is 172 Å². The fourth-order valence-corrected chi connectivity index (χ4v) is 4.36. The number of aldehydes is 1. The third-order valence-electron chi connectivity index (χ3n) is 5.72. The summed E-state index contributed by atoms with van der Waals surface area (Å²) in [7, 11) is 0. The number of fused-ring (bicyclic) bond motifs is 2. The van der Waals surface area contributed by atoms with E-state index in [0.29, 0.717) is 42.8 Å². The second kappa shape index (κ2) is 7.26. The van der Waals surface area contributed by atoms with Gasteiger partial charge in [-0.15, -0.1) is 0 Å². The number of aliphatic imine (C=N–C) groups is 1. The maximum absolute atomic E-state index is 13.2. The number of rotatable bonds is 7. The normalized spacial score (nSPS) is 23.3. The van der Waals surface area contributed by atoms with Gasteiger partial charge in [-0.1, -0.05) is 11.6 Å². The molecule has 2 atom stereocenters. The number of urea groups is 1. The van der Waals surface area contributed by atoms with Gasteiger partial charge in [-0.05, 0) is 37.5 Å². The van der Waals surface area contributed by atoms with Crippen LogP contribution in [0.25, 0.3) is 11.2 Å². The van der Waals surface area contributed by atoms with Crippen molar-refractivity contribution in [3.63, 3.8) is 0 Å². The van der Waals surface area contributed by atoms with E-state index < -0.39 is 0 Å². The highest BCUT2D eigenvalue weighted by atomic mass is 35.5. The number of halogens is 1. The molecule has 0 bridgehead atoms. The smallest absolute Gasteiger partial charge is 0.321 e. The van der Waals surface area contributed by atoms with Crippen LogP contribution in [-0.4, -0.2) is 61.0 Å². The molecule has 0 radical (unpaired) electrons. The van der Waals surface area contributed by atoms with E-state index in [0.717, 1.165) is 30.5 Å². The topological polar surface area (TPSA) is 83.7 Å². The zero-order chi connectivity index (χ0) is 20.0. The van der Waals surface area contributed by atoms with Crippen LogP contribution in [0.1, 0.15) is 31.5 Å². The van der Waals surface area contributed by atoms with Crippen LogP contribution in [0.2, 0.25) is 5.15 Å². The summed E-state index contributed by atoms with van der Waals surface area (Å²) >= 11 is 6.05. The highest BCUT2D eigenvalue weighted by Crippen LogP contribution is 2.37. The van der Waals surface area contributed by atoms with Crippen molar-refractivity contribution in [1.29, 1.82) is 0 Å². The molecule has 0 aromatic carbocycles. The first kappa shape index (κ1) is 18.3. The third kappa shape index (κ3) is 3.21.